The summed E-state index contributed by atoms with van der Waals surface area (Å²) in [7, 11) is -4.28. The molecule has 4 fully saturated rings. The molecular weight excluding hydrogens is 662 g/mol. The first kappa shape index (κ1) is 37.6. The highest BCUT2D eigenvalue weighted by molar-refractivity contribution is 7.90. The van der Waals surface area contributed by atoms with E-state index in [1.165, 1.54) is 6.07 Å². The van der Waals surface area contributed by atoms with Crippen LogP contribution in [0.5, 0.6) is 0 Å². The van der Waals surface area contributed by atoms with Crippen molar-refractivity contribution in [3.63, 3.8) is 0 Å². The lowest BCUT2D eigenvalue weighted by Crippen LogP contribution is -2.55. The van der Waals surface area contributed by atoms with E-state index in [4.69, 9.17) is 4.74 Å². The van der Waals surface area contributed by atoms with Crippen molar-refractivity contribution < 1.29 is 37.4 Å². The van der Waals surface area contributed by atoms with Crippen LogP contribution in [0.25, 0.3) is 0 Å². The van der Waals surface area contributed by atoms with Gasteiger partial charge in [0.05, 0.1) is 11.7 Å². The molecule has 13 nitrogen and oxygen atoms in total. The fourth-order valence-electron chi connectivity index (χ4n) is 7.77. The van der Waals surface area contributed by atoms with Crippen LogP contribution in [-0.2, 0) is 29.1 Å². The molecule has 0 radical (unpaired) electrons. The van der Waals surface area contributed by atoms with Crippen molar-refractivity contribution in [3.05, 3.63) is 36.9 Å². The van der Waals surface area contributed by atoms with Crippen LogP contribution in [0, 0.1) is 16.7 Å². The Morgan fingerprint density at radius 2 is 1.74 bits per heavy atom. The van der Waals surface area contributed by atoms with Crippen molar-refractivity contribution >= 4 is 39.6 Å². The highest BCUT2D eigenvalue weighted by Gasteiger charge is 2.65. The molecule has 1 aromatic carbocycles. The molecule has 5 atom stereocenters. The Morgan fingerprint density at radius 3 is 2.38 bits per heavy atom. The second-order valence-corrected chi connectivity index (χ2v) is 16.9. The molecule has 0 bridgehead atoms. The number of amides is 3. The molecule has 50 heavy (non-hydrogen) atoms. The number of para-hydroxylation sites is 1. The molecule has 0 aromatic heterocycles. The van der Waals surface area contributed by atoms with E-state index in [0.717, 1.165) is 64.3 Å². The predicted molar refractivity (Wildman–Crippen MR) is 188 cm³/mol. The van der Waals surface area contributed by atoms with Gasteiger partial charge >= 0.3 is 12.1 Å². The van der Waals surface area contributed by atoms with Crippen LogP contribution < -0.4 is 26.0 Å². The molecular formula is C36H53N5O8S. The number of hydrogen-bond donors (Lipinski definition) is 6. The second kappa shape index (κ2) is 15.3. The number of rotatable bonds is 18. The number of carbonyl (C=O) groups is 4. The van der Waals surface area contributed by atoms with Crippen molar-refractivity contribution in [2.45, 2.75) is 126 Å². The zero-order valence-electron chi connectivity index (χ0n) is 29.2. The molecule has 3 amide bonds. The van der Waals surface area contributed by atoms with Crippen LogP contribution in [0.3, 0.4) is 0 Å². The van der Waals surface area contributed by atoms with Gasteiger partial charge in [-0.05, 0) is 80.8 Å². The highest BCUT2D eigenvalue weighted by Crippen LogP contribution is 2.67. The lowest BCUT2D eigenvalue weighted by Gasteiger charge is -2.22. The van der Waals surface area contributed by atoms with Crippen LogP contribution in [0.2, 0.25) is 0 Å². The predicted octanol–water partition coefficient (Wildman–Crippen LogP) is 4.21. The Balaban J connectivity index is 1.05. The number of carboxylic acids is 1. The molecule has 14 heteroatoms. The zero-order chi connectivity index (χ0) is 36.2. The summed E-state index contributed by atoms with van der Waals surface area (Å²) in [5.74, 6) is -2.55. The van der Waals surface area contributed by atoms with E-state index < -0.39 is 45.6 Å². The maximum absolute atomic E-state index is 13.5. The number of carboxylic acid groups (broad SMARTS) is 1. The van der Waals surface area contributed by atoms with E-state index in [-0.39, 0.29) is 40.1 Å². The topological polar surface area (TPSA) is 192 Å². The van der Waals surface area contributed by atoms with Gasteiger partial charge < -0.3 is 31.1 Å². The number of nitrogens with one attached hydrogen (secondary N) is 5. The minimum absolute atomic E-state index is 0.0698. The van der Waals surface area contributed by atoms with Gasteiger partial charge in [-0.2, -0.15) is 0 Å². The molecule has 1 saturated heterocycles. The summed E-state index contributed by atoms with van der Waals surface area (Å²) in [6.45, 7) is 9.39. The van der Waals surface area contributed by atoms with Crippen molar-refractivity contribution in [2.24, 2.45) is 16.7 Å². The fourth-order valence-corrected chi connectivity index (χ4v) is 8.99. The summed E-state index contributed by atoms with van der Waals surface area (Å²) in [6.07, 6.45) is 10.5. The molecule has 4 aliphatic rings. The molecule has 276 valence electrons. The summed E-state index contributed by atoms with van der Waals surface area (Å²) in [4.78, 5) is 50.4. The first-order chi connectivity index (χ1) is 23.7. The van der Waals surface area contributed by atoms with Crippen molar-refractivity contribution in [1.82, 2.24) is 20.7 Å². The molecule has 1 aromatic rings. The molecule has 1 heterocycles. The van der Waals surface area contributed by atoms with Crippen LogP contribution in [-0.4, -0.2) is 74.2 Å². The van der Waals surface area contributed by atoms with E-state index in [1.807, 2.05) is 0 Å². The number of aliphatic carboxylic acids is 1. The van der Waals surface area contributed by atoms with Gasteiger partial charge in [-0.1, -0.05) is 57.7 Å². The third-order valence-corrected chi connectivity index (χ3v) is 12.7. The number of alkyl carbamates (subject to hydrolysis) is 1. The standard InChI is InChI=1S/C36H53N5O8S/c1-4-24-20-36(24,40-30(42)28-21-35(23-38-28)22-34(35,2)3)32(45)41-50(47,48)29-18-12-11-16-26(29)37-19-13-7-5-6-8-17-27(31(43)44)39-33(46)49-25-14-9-10-15-25/h4,11-12,16,18,24-25,27-28,37-38H,1,5-10,13-15,17,19-23H2,2-3H3,(H,39,46)(H,40,42)(H,41,45)(H,43,44)/t24-,27+,28?,35+,36-/m1/s1. The lowest BCUT2D eigenvalue weighted by molar-refractivity contribution is -0.139. The van der Waals surface area contributed by atoms with Gasteiger partial charge in [0.25, 0.3) is 15.9 Å². The van der Waals surface area contributed by atoms with Gasteiger partial charge in [-0.3, -0.25) is 9.59 Å². The molecule has 3 aliphatic carbocycles. The van der Waals surface area contributed by atoms with Crippen LogP contribution in [0.15, 0.2) is 41.8 Å². The van der Waals surface area contributed by atoms with Gasteiger partial charge in [-0.15, -0.1) is 6.58 Å². The molecule has 1 unspecified atom stereocenters. The minimum atomic E-state index is -4.28. The lowest BCUT2D eigenvalue weighted by atomic mass is 9.93. The molecule has 5 rings (SSSR count). The van der Waals surface area contributed by atoms with E-state index in [0.29, 0.717) is 31.5 Å². The average molecular weight is 716 g/mol. The third kappa shape index (κ3) is 8.62. The number of ether oxygens (including phenoxy) is 1. The van der Waals surface area contributed by atoms with Crippen LogP contribution >= 0.6 is 0 Å². The average Bonchev–Trinajstić information content (AvgIpc) is 3.62. The maximum atomic E-state index is 13.5. The van der Waals surface area contributed by atoms with E-state index in [9.17, 15) is 32.7 Å². The molecule has 3 saturated carbocycles. The molecule has 6 N–H and O–H groups in total. The number of carbonyl (C=O) groups excluding carboxylic acids is 3. The Bertz CT molecular complexity index is 1560. The van der Waals surface area contributed by atoms with Crippen LogP contribution in [0.1, 0.15) is 97.3 Å². The van der Waals surface area contributed by atoms with Gasteiger partial charge in [-0.25, -0.2) is 22.7 Å². The normalized spacial score (nSPS) is 27.2. The molecule has 1 spiro atoms. The van der Waals surface area contributed by atoms with Gasteiger partial charge in [0.2, 0.25) is 5.91 Å². The Kier molecular flexibility index (Phi) is 11.5. The summed E-state index contributed by atoms with van der Waals surface area (Å²) in [5, 5.41) is 21.3. The fraction of sp³-hybridized carbons (Fsp3) is 0.667. The summed E-state index contributed by atoms with van der Waals surface area (Å²) < 4.78 is 34.6. The largest absolute Gasteiger partial charge is 0.480 e. The number of unbranched alkanes of at least 4 members (excludes halogenated alkanes) is 4. The first-order valence-electron chi connectivity index (χ1n) is 18.0. The second-order valence-electron chi connectivity index (χ2n) is 15.2. The Hall–Kier alpha value is -3.65. The number of sulfonamides is 1. The molecule has 1 aliphatic heterocycles. The van der Waals surface area contributed by atoms with Gasteiger partial charge in [0, 0.05) is 19.0 Å². The number of hydrogen-bond acceptors (Lipinski definition) is 9. The van der Waals surface area contributed by atoms with Gasteiger partial charge in [0.15, 0.2) is 0 Å². The maximum Gasteiger partial charge on any atom is 0.408 e. The highest BCUT2D eigenvalue weighted by atomic mass is 32.2. The van der Waals surface area contributed by atoms with E-state index in [1.54, 1.807) is 24.3 Å². The van der Waals surface area contributed by atoms with Crippen LogP contribution in [0.4, 0.5) is 10.5 Å². The van der Waals surface area contributed by atoms with Crippen molar-refractivity contribution in [1.29, 1.82) is 0 Å². The SMILES string of the molecule is C=C[C@@H]1C[C@]1(NC(=O)C1C[C@@]2(CN1)CC2(C)C)C(=O)NS(=O)(=O)c1ccccc1NCCCCCCC[C@H](NC(=O)OC1CCCC1)C(=O)O. The van der Waals surface area contributed by atoms with E-state index >= 15 is 0 Å². The third-order valence-electron chi connectivity index (χ3n) is 11.3. The Morgan fingerprint density at radius 1 is 1.06 bits per heavy atom. The minimum Gasteiger partial charge on any atom is -0.480 e. The first-order valence-corrected chi connectivity index (χ1v) is 19.5. The monoisotopic (exact) mass is 715 g/mol. The van der Waals surface area contributed by atoms with Crippen molar-refractivity contribution in [2.75, 3.05) is 18.4 Å². The number of anilines is 1. The summed E-state index contributed by atoms with van der Waals surface area (Å²) >= 11 is 0. The quantitative estimate of drug-likeness (QED) is 0.0948. The Labute approximate surface area is 295 Å². The van der Waals surface area contributed by atoms with Gasteiger partial charge in [0.1, 0.15) is 22.6 Å². The van der Waals surface area contributed by atoms with E-state index in [2.05, 4.69) is 46.4 Å². The summed E-state index contributed by atoms with van der Waals surface area (Å²) in [6, 6.07) is 4.92. The zero-order valence-corrected chi connectivity index (χ0v) is 30.0. The van der Waals surface area contributed by atoms with Crippen molar-refractivity contribution in [3.8, 4) is 0 Å². The smallest absolute Gasteiger partial charge is 0.408 e. The summed E-state index contributed by atoms with van der Waals surface area (Å²) in [5.41, 5.74) is -0.762. The number of benzene rings is 1.